The standard InChI is InChI=1S/C18H20BrN3OS2.ClH/c1-3-21(4-2)9-10-22(17(23)15-6-5-11-24-15)18-20-14-8-7-13(19)12-16(14)25-18;/h5-8,11-12H,3-4,9-10H2,1-2H3;1H. The number of nitrogens with zero attached hydrogens (tertiary/aromatic N) is 3. The molecule has 8 heteroatoms. The first kappa shape index (κ1) is 21.3. The molecule has 0 saturated heterocycles. The first-order chi connectivity index (χ1) is 12.1. The van der Waals surface area contributed by atoms with Crippen LogP contribution in [-0.4, -0.2) is 42.0 Å². The van der Waals surface area contributed by atoms with Crippen LogP contribution in [0.15, 0.2) is 40.2 Å². The van der Waals surface area contributed by atoms with E-state index in [1.807, 2.05) is 34.5 Å². The highest BCUT2D eigenvalue weighted by Crippen LogP contribution is 2.32. The second-order valence-electron chi connectivity index (χ2n) is 5.57. The molecule has 0 atom stereocenters. The van der Waals surface area contributed by atoms with Crippen molar-refractivity contribution in [3.63, 3.8) is 0 Å². The molecule has 1 amide bonds. The number of anilines is 1. The summed E-state index contributed by atoms with van der Waals surface area (Å²) >= 11 is 6.54. The predicted molar refractivity (Wildman–Crippen MR) is 118 cm³/mol. The second-order valence-corrected chi connectivity index (χ2v) is 8.44. The lowest BCUT2D eigenvalue weighted by Gasteiger charge is -2.24. The van der Waals surface area contributed by atoms with Gasteiger partial charge < -0.3 is 4.90 Å². The third-order valence-electron chi connectivity index (χ3n) is 4.08. The van der Waals surface area contributed by atoms with Crippen LogP contribution < -0.4 is 4.90 Å². The van der Waals surface area contributed by atoms with Gasteiger partial charge in [-0.3, -0.25) is 9.69 Å². The van der Waals surface area contributed by atoms with E-state index in [1.54, 1.807) is 11.3 Å². The zero-order chi connectivity index (χ0) is 17.8. The van der Waals surface area contributed by atoms with Gasteiger partial charge in [-0.1, -0.05) is 47.2 Å². The van der Waals surface area contributed by atoms with Gasteiger partial charge in [-0.15, -0.1) is 23.7 Å². The molecule has 0 aliphatic rings. The van der Waals surface area contributed by atoms with Crippen LogP contribution in [0.25, 0.3) is 10.2 Å². The minimum Gasteiger partial charge on any atom is -0.302 e. The highest BCUT2D eigenvalue weighted by atomic mass is 79.9. The number of carbonyl (C=O) groups is 1. The van der Waals surface area contributed by atoms with Crippen molar-refractivity contribution < 1.29 is 4.79 Å². The second kappa shape index (κ2) is 9.80. The van der Waals surface area contributed by atoms with E-state index < -0.39 is 0 Å². The van der Waals surface area contributed by atoms with Crippen molar-refractivity contribution in [2.24, 2.45) is 0 Å². The number of thiophene rings is 1. The lowest BCUT2D eigenvalue weighted by atomic mass is 10.3. The number of rotatable bonds is 7. The molecule has 4 nitrogen and oxygen atoms in total. The molecule has 0 N–H and O–H groups in total. The molecular weight excluding hydrogens is 454 g/mol. The molecule has 140 valence electrons. The maximum atomic E-state index is 13.0. The first-order valence-electron chi connectivity index (χ1n) is 8.26. The molecular formula is C18H21BrClN3OS2. The topological polar surface area (TPSA) is 36.4 Å². The number of fused-ring (bicyclic) bond motifs is 1. The summed E-state index contributed by atoms with van der Waals surface area (Å²) in [5.41, 5.74) is 0.926. The number of hydrogen-bond acceptors (Lipinski definition) is 5. The lowest BCUT2D eigenvalue weighted by Crippen LogP contribution is -2.38. The maximum Gasteiger partial charge on any atom is 0.270 e. The molecule has 0 spiro atoms. The van der Waals surface area contributed by atoms with Gasteiger partial charge in [-0.25, -0.2) is 4.98 Å². The van der Waals surface area contributed by atoms with Crippen LogP contribution in [0.3, 0.4) is 0 Å². The fourth-order valence-electron chi connectivity index (χ4n) is 2.60. The summed E-state index contributed by atoms with van der Waals surface area (Å²) in [6, 6.07) is 9.80. The van der Waals surface area contributed by atoms with Crippen LogP contribution in [0.4, 0.5) is 5.13 Å². The summed E-state index contributed by atoms with van der Waals surface area (Å²) in [5.74, 6) is 0.0280. The minimum atomic E-state index is 0. The molecule has 0 fully saturated rings. The summed E-state index contributed by atoms with van der Waals surface area (Å²) in [5, 5.41) is 2.70. The van der Waals surface area contributed by atoms with Crippen LogP contribution in [0.1, 0.15) is 23.5 Å². The zero-order valence-electron chi connectivity index (χ0n) is 14.6. The lowest BCUT2D eigenvalue weighted by molar-refractivity contribution is 0.0987. The van der Waals surface area contributed by atoms with Gasteiger partial charge in [0.15, 0.2) is 5.13 Å². The van der Waals surface area contributed by atoms with E-state index in [1.165, 1.54) is 11.3 Å². The number of aromatic nitrogens is 1. The molecule has 2 aromatic heterocycles. The highest BCUT2D eigenvalue weighted by molar-refractivity contribution is 9.10. The highest BCUT2D eigenvalue weighted by Gasteiger charge is 2.22. The van der Waals surface area contributed by atoms with E-state index in [4.69, 9.17) is 4.98 Å². The Bertz CT molecular complexity index is 849. The molecule has 1 aromatic carbocycles. The first-order valence-corrected chi connectivity index (χ1v) is 10.7. The Labute approximate surface area is 176 Å². The molecule has 0 unspecified atom stereocenters. The normalized spacial score (nSPS) is 10.9. The Morgan fingerprint density at radius 1 is 1.19 bits per heavy atom. The van der Waals surface area contributed by atoms with E-state index >= 15 is 0 Å². The van der Waals surface area contributed by atoms with Crippen LogP contribution in [0.2, 0.25) is 0 Å². The van der Waals surface area contributed by atoms with Crippen LogP contribution >= 0.6 is 51.0 Å². The minimum absolute atomic E-state index is 0. The van der Waals surface area contributed by atoms with E-state index in [0.717, 1.165) is 44.3 Å². The average molecular weight is 475 g/mol. The third kappa shape index (κ3) is 4.84. The Morgan fingerprint density at radius 2 is 1.96 bits per heavy atom. The van der Waals surface area contributed by atoms with E-state index in [-0.39, 0.29) is 18.3 Å². The van der Waals surface area contributed by atoms with Gasteiger partial charge >= 0.3 is 0 Å². The van der Waals surface area contributed by atoms with Crippen LogP contribution in [0, 0.1) is 0 Å². The zero-order valence-corrected chi connectivity index (χ0v) is 18.7. The van der Waals surface area contributed by atoms with Crippen molar-refractivity contribution >= 4 is 72.3 Å². The maximum absolute atomic E-state index is 13.0. The Kier molecular flexibility index (Phi) is 8.04. The molecule has 0 aliphatic carbocycles. The Hall–Kier alpha value is -0.990. The van der Waals surface area contributed by atoms with Gasteiger partial charge in [0.1, 0.15) is 0 Å². The summed E-state index contributed by atoms with van der Waals surface area (Å²) in [6.45, 7) is 7.71. The number of carbonyl (C=O) groups excluding carboxylic acids is 1. The number of benzene rings is 1. The van der Waals surface area contributed by atoms with Crippen LogP contribution in [-0.2, 0) is 0 Å². The van der Waals surface area contributed by atoms with Crippen molar-refractivity contribution in [1.29, 1.82) is 0 Å². The predicted octanol–water partition coefficient (Wildman–Crippen LogP) is 5.53. The van der Waals surface area contributed by atoms with Crippen molar-refractivity contribution in [1.82, 2.24) is 9.88 Å². The van der Waals surface area contributed by atoms with Gasteiger partial charge in [-0.05, 0) is 42.7 Å². The molecule has 3 aromatic rings. The van der Waals surface area contributed by atoms with Gasteiger partial charge in [0, 0.05) is 17.6 Å². The van der Waals surface area contributed by atoms with E-state index in [0.29, 0.717) is 6.54 Å². The van der Waals surface area contributed by atoms with Crippen molar-refractivity contribution in [2.75, 3.05) is 31.1 Å². The fraction of sp³-hybridized carbons (Fsp3) is 0.333. The molecule has 0 bridgehead atoms. The summed E-state index contributed by atoms with van der Waals surface area (Å²) in [4.78, 5) is 22.6. The van der Waals surface area contributed by atoms with E-state index in [9.17, 15) is 4.79 Å². The Balaban J connectivity index is 0.00000243. The van der Waals surface area contributed by atoms with Crippen molar-refractivity contribution in [3.05, 3.63) is 45.1 Å². The third-order valence-corrected chi connectivity index (χ3v) is 6.47. The smallest absolute Gasteiger partial charge is 0.270 e. The van der Waals surface area contributed by atoms with Gasteiger partial charge in [-0.2, -0.15) is 0 Å². The van der Waals surface area contributed by atoms with Gasteiger partial charge in [0.25, 0.3) is 5.91 Å². The SMILES string of the molecule is CCN(CC)CCN(C(=O)c1cccs1)c1nc2ccc(Br)cc2s1.Cl. The molecule has 2 heterocycles. The molecule has 0 aliphatic heterocycles. The Morgan fingerprint density at radius 3 is 2.62 bits per heavy atom. The summed E-state index contributed by atoms with van der Waals surface area (Å²) in [6.07, 6.45) is 0. The monoisotopic (exact) mass is 473 g/mol. The number of thiazole rings is 1. The molecule has 3 rings (SSSR count). The largest absolute Gasteiger partial charge is 0.302 e. The van der Waals surface area contributed by atoms with Crippen molar-refractivity contribution in [3.8, 4) is 0 Å². The number of amides is 1. The molecule has 0 saturated carbocycles. The van der Waals surface area contributed by atoms with Crippen molar-refractivity contribution in [2.45, 2.75) is 13.8 Å². The molecule has 26 heavy (non-hydrogen) atoms. The van der Waals surface area contributed by atoms with Gasteiger partial charge in [0.2, 0.25) is 0 Å². The van der Waals surface area contributed by atoms with E-state index in [2.05, 4.69) is 40.7 Å². The average Bonchev–Trinajstić information content (AvgIpc) is 3.27. The van der Waals surface area contributed by atoms with Crippen LogP contribution in [0.5, 0.6) is 0 Å². The summed E-state index contributed by atoms with van der Waals surface area (Å²) in [7, 11) is 0. The number of hydrogen-bond donors (Lipinski definition) is 0. The fourth-order valence-corrected chi connectivity index (χ4v) is 4.81. The number of likely N-dealkylation sites (N-methyl/N-ethyl adjacent to an activating group) is 1. The number of halogens is 2. The molecule has 0 radical (unpaired) electrons. The quantitative estimate of drug-likeness (QED) is 0.452. The van der Waals surface area contributed by atoms with Gasteiger partial charge in [0.05, 0.1) is 15.1 Å². The summed E-state index contributed by atoms with van der Waals surface area (Å²) < 4.78 is 2.10.